The highest BCUT2D eigenvalue weighted by Crippen LogP contribution is 2.48. The number of aliphatic imine (C=N–C) groups is 1. The third-order valence-corrected chi connectivity index (χ3v) is 6.20. The average molecular weight is 423 g/mol. The monoisotopic (exact) mass is 423 g/mol. The van der Waals surface area contributed by atoms with E-state index >= 15 is 0 Å². The van der Waals surface area contributed by atoms with Gasteiger partial charge in [-0.2, -0.15) is 0 Å². The van der Waals surface area contributed by atoms with Gasteiger partial charge in [-0.3, -0.25) is 4.99 Å². The molecule has 1 aliphatic rings. The second-order valence-corrected chi connectivity index (χ2v) is 8.09. The second-order valence-electron chi connectivity index (χ2n) is 6.85. The van der Waals surface area contributed by atoms with Crippen LogP contribution >= 0.6 is 11.8 Å². The Labute approximate surface area is 178 Å². The highest BCUT2D eigenvalue weighted by Gasteiger charge is 2.28. The molecule has 7 heteroatoms. The first kappa shape index (κ1) is 20.1. The van der Waals surface area contributed by atoms with Crippen LogP contribution in [0.15, 0.2) is 67.6 Å². The number of hydrogen-bond acceptors (Lipinski definition) is 7. The number of ether oxygens (including phenoxy) is 2. The second kappa shape index (κ2) is 8.28. The first-order valence-electron chi connectivity index (χ1n) is 9.39. The molecular weight excluding hydrogens is 402 g/mol. The molecule has 1 atom stereocenters. The third kappa shape index (κ3) is 3.80. The van der Waals surface area contributed by atoms with Crippen molar-refractivity contribution in [1.82, 2.24) is 0 Å². The topological polar surface area (TPSA) is 81.3 Å². The fourth-order valence-electron chi connectivity index (χ4n) is 3.49. The van der Waals surface area contributed by atoms with Crippen molar-refractivity contribution in [2.45, 2.75) is 23.5 Å². The van der Waals surface area contributed by atoms with E-state index in [0.717, 1.165) is 16.1 Å². The molecule has 6 nitrogen and oxygen atoms in total. The van der Waals surface area contributed by atoms with Crippen LogP contribution in [0.3, 0.4) is 0 Å². The van der Waals surface area contributed by atoms with Crippen molar-refractivity contribution in [3.63, 3.8) is 0 Å². The zero-order valence-corrected chi connectivity index (χ0v) is 17.7. The van der Waals surface area contributed by atoms with Gasteiger partial charge in [0.2, 0.25) is 0 Å². The summed E-state index contributed by atoms with van der Waals surface area (Å²) in [7, 11) is 3.22. The van der Waals surface area contributed by atoms with Crippen LogP contribution in [0.25, 0.3) is 0 Å². The molecule has 154 valence electrons. The molecule has 2 heterocycles. The lowest BCUT2D eigenvalue weighted by atomic mass is 10.0. The van der Waals surface area contributed by atoms with E-state index in [1.807, 2.05) is 42.5 Å². The van der Waals surface area contributed by atoms with E-state index in [1.54, 1.807) is 32.9 Å². The van der Waals surface area contributed by atoms with Crippen molar-refractivity contribution in [2.75, 3.05) is 14.2 Å². The minimum absolute atomic E-state index is 0.0929. The molecule has 1 N–H and O–H groups in total. The Balaban J connectivity index is 1.87. The summed E-state index contributed by atoms with van der Waals surface area (Å²) < 4.78 is 16.2. The number of para-hydroxylation sites is 1. The van der Waals surface area contributed by atoms with Gasteiger partial charge in [-0.15, -0.1) is 11.8 Å². The van der Waals surface area contributed by atoms with E-state index in [0.29, 0.717) is 29.4 Å². The molecule has 2 aromatic carbocycles. The van der Waals surface area contributed by atoms with Crippen molar-refractivity contribution in [1.29, 1.82) is 0 Å². The van der Waals surface area contributed by atoms with Gasteiger partial charge in [0.1, 0.15) is 28.6 Å². The van der Waals surface area contributed by atoms with Crippen LogP contribution in [-0.2, 0) is 0 Å². The Hall–Kier alpha value is -3.19. The third-order valence-electron chi connectivity index (χ3n) is 4.90. The maximum absolute atomic E-state index is 12.6. The number of aromatic hydroxyl groups is 1. The number of thioether (sulfide) groups is 1. The molecule has 0 saturated heterocycles. The zero-order chi connectivity index (χ0) is 21.3. The number of hydrogen-bond donors (Lipinski definition) is 1. The summed E-state index contributed by atoms with van der Waals surface area (Å²) in [5.74, 6) is 1.59. The summed E-state index contributed by atoms with van der Waals surface area (Å²) in [5, 5.41) is 10.4. The molecule has 0 saturated carbocycles. The van der Waals surface area contributed by atoms with Crippen LogP contribution in [0, 0.1) is 6.92 Å². The average Bonchev–Trinajstić information content (AvgIpc) is 2.92. The van der Waals surface area contributed by atoms with E-state index in [1.165, 1.54) is 6.07 Å². The predicted octanol–water partition coefficient (Wildman–Crippen LogP) is 5.03. The Morgan fingerprint density at radius 2 is 1.93 bits per heavy atom. The van der Waals surface area contributed by atoms with E-state index in [9.17, 15) is 9.90 Å². The van der Waals surface area contributed by atoms with Crippen LogP contribution in [0.4, 0.5) is 5.69 Å². The maximum Gasteiger partial charge on any atom is 0.348 e. The van der Waals surface area contributed by atoms with Crippen LogP contribution < -0.4 is 15.1 Å². The lowest BCUT2D eigenvalue weighted by Crippen LogP contribution is -2.17. The van der Waals surface area contributed by atoms with Gasteiger partial charge in [-0.1, -0.05) is 18.2 Å². The molecule has 1 aliphatic heterocycles. The highest BCUT2D eigenvalue weighted by atomic mass is 32.2. The van der Waals surface area contributed by atoms with Crippen molar-refractivity contribution in [2.24, 2.45) is 4.99 Å². The number of nitrogens with zero attached hydrogens (tertiary/aromatic N) is 1. The minimum atomic E-state index is -0.601. The Morgan fingerprint density at radius 1 is 1.13 bits per heavy atom. The van der Waals surface area contributed by atoms with Crippen molar-refractivity contribution in [3.05, 3.63) is 75.8 Å². The van der Waals surface area contributed by atoms with Gasteiger partial charge in [-0.25, -0.2) is 4.79 Å². The van der Waals surface area contributed by atoms with E-state index in [-0.39, 0.29) is 16.6 Å². The van der Waals surface area contributed by atoms with Crippen molar-refractivity contribution >= 4 is 23.2 Å². The maximum atomic E-state index is 12.6. The molecule has 0 spiro atoms. The largest absolute Gasteiger partial charge is 0.507 e. The molecule has 0 radical (unpaired) electrons. The lowest BCUT2D eigenvalue weighted by Gasteiger charge is -2.19. The van der Waals surface area contributed by atoms with Crippen LogP contribution in [0.2, 0.25) is 0 Å². The van der Waals surface area contributed by atoms with E-state index < -0.39 is 5.63 Å². The number of aryl methyl sites for hydroxylation is 1. The smallest absolute Gasteiger partial charge is 0.348 e. The molecule has 1 aromatic heterocycles. The Morgan fingerprint density at radius 3 is 2.67 bits per heavy atom. The molecule has 0 bridgehead atoms. The Kier molecular flexibility index (Phi) is 5.55. The van der Waals surface area contributed by atoms with Gasteiger partial charge >= 0.3 is 5.63 Å². The van der Waals surface area contributed by atoms with Crippen molar-refractivity contribution in [3.8, 4) is 17.2 Å². The lowest BCUT2D eigenvalue weighted by molar-refractivity contribution is 0.391. The molecular formula is C23H21NO5S. The molecule has 0 fully saturated rings. The normalized spacial score (nSPS) is 15.7. The van der Waals surface area contributed by atoms with Gasteiger partial charge in [0.15, 0.2) is 0 Å². The van der Waals surface area contributed by atoms with Gasteiger partial charge in [0, 0.05) is 34.3 Å². The fraction of sp³-hybridized carbons (Fsp3) is 0.217. The molecule has 4 rings (SSSR count). The first-order valence-corrected chi connectivity index (χ1v) is 10.3. The van der Waals surface area contributed by atoms with Gasteiger partial charge < -0.3 is 19.0 Å². The van der Waals surface area contributed by atoms with Gasteiger partial charge in [-0.05, 0) is 25.1 Å². The number of benzene rings is 2. The minimum Gasteiger partial charge on any atom is -0.507 e. The number of methoxy groups -OCH3 is 2. The molecule has 0 aliphatic carbocycles. The molecule has 0 amide bonds. The summed E-state index contributed by atoms with van der Waals surface area (Å²) in [5.41, 5.74) is 1.66. The van der Waals surface area contributed by atoms with Crippen LogP contribution in [0.1, 0.15) is 28.6 Å². The number of rotatable bonds is 4. The SMILES string of the molecule is COc1ccc(C2CC(c3c(O)cc(C)oc3=O)=Nc3ccccc3S2)c(OC)c1. The molecule has 1 unspecified atom stereocenters. The zero-order valence-electron chi connectivity index (χ0n) is 16.8. The standard InChI is InChI=1S/C23H21NO5S/c1-13-10-18(25)22(23(26)29-13)17-12-21(30-20-7-5-4-6-16(20)24-17)15-9-8-14(27-2)11-19(15)28-3/h4-11,21,25H,12H2,1-3H3. The van der Waals surface area contributed by atoms with Crippen LogP contribution in [0.5, 0.6) is 17.2 Å². The summed E-state index contributed by atoms with van der Waals surface area (Å²) in [6.07, 6.45) is 0.406. The first-order chi connectivity index (χ1) is 14.5. The van der Waals surface area contributed by atoms with Gasteiger partial charge in [0.05, 0.1) is 25.6 Å². The molecule has 30 heavy (non-hydrogen) atoms. The summed E-state index contributed by atoms with van der Waals surface area (Å²) in [6, 6.07) is 14.8. The van der Waals surface area contributed by atoms with Crippen LogP contribution in [-0.4, -0.2) is 25.0 Å². The summed E-state index contributed by atoms with van der Waals surface area (Å²) in [6.45, 7) is 1.62. The van der Waals surface area contributed by atoms with Gasteiger partial charge in [0.25, 0.3) is 0 Å². The van der Waals surface area contributed by atoms with E-state index in [2.05, 4.69) is 0 Å². The fourth-order valence-corrected chi connectivity index (χ4v) is 4.75. The summed E-state index contributed by atoms with van der Waals surface area (Å²) in [4.78, 5) is 18.3. The van der Waals surface area contributed by atoms with E-state index in [4.69, 9.17) is 18.9 Å². The number of fused-ring (bicyclic) bond motifs is 1. The highest BCUT2D eigenvalue weighted by molar-refractivity contribution is 7.99. The predicted molar refractivity (Wildman–Crippen MR) is 117 cm³/mol. The quantitative estimate of drug-likeness (QED) is 0.634. The summed E-state index contributed by atoms with van der Waals surface area (Å²) >= 11 is 1.64. The Bertz CT molecular complexity index is 1180. The van der Waals surface area contributed by atoms with Crippen molar-refractivity contribution < 1.29 is 19.0 Å². The molecule has 3 aromatic rings.